The Morgan fingerprint density at radius 1 is 1.75 bits per heavy atom. The maximum atomic E-state index is 11.0. The van der Waals surface area contributed by atoms with Crippen molar-refractivity contribution in [3.8, 4) is 0 Å². The van der Waals surface area contributed by atoms with Gasteiger partial charge in [0.1, 0.15) is 5.82 Å². The number of H-pyrrole nitrogens is 1. The van der Waals surface area contributed by atoms with Gasteiger partial charge in [-0.1, -0.05) is 6.92 Å². The van der Waals surface area contributed by atoms with Crippen molar-refractivity contribution in [1.29, 1.82) is 0 Å². The van der Waals surface area contributed by atoms with Gasteiger partial charge in [0.05, 0.1) is 12.5 Å². The lowest BCUT2D eigenvalue weighted by atomic mass is 10.5. The van der Waals surface area contributed by atoms with Crippen LogP contribution in [0, 0.1) is 0 Å². The highest BCUT2D eigenvalue weighted by Gasteiger charge is 1.99. The highest BCUT2D eigenvalue weighted by Crippen LogP contribution is 1.96. The predicted molar refractivity (Wildman–Crippen MR) is 45.9 cm³/mol. The van der Waals surface area contributed by atoms with E-state index >= 15 is 0 Å². The van der Waals surface area contributed by atoms with Gasteiger partial charge in [0.25, 0.3) is 0 Å². The van der Waals surface area contributed by atoms with Gasteiger partial charge in [0.15, 0.2) is 0 Å². The molecular formula is C7H12N4O. The van der Waals surface area contributed by atoms with Crippen molar-refractivity contribution in [2.24, 2.45) is 0 Å². The molecule has 5 heteroatoms. The number of carbonyl (C=O) groups is 1. The summed E-state index contributed by atoms with van der Waals surface area (Å²) in [5.74, 6) is 0.601. The number of anilines is 1. The molecule has 0 radical (unpaired) electrons. The fourth-order valence-corrected chi connectivity index (χ4v) is 0.729. The van der Waals surface area contributed by atoms with E-state index in [9.17, 15) is 4.79 Å². The molecule has 0 spiro atoms. The molecule has 0 aliphatic rings. The van der Waals surface area contributed by atoms with Crippen LogP contribution in [0.25, 0.3) is 0 Å². The Hall–Kier alpha value is -1.52. The molecule has 3 N–H and O–H groups in total. The quantitative estimate of drug-likeness (QED) is 0.628. The topological polar surface area (TPSA) is 69.8 Å². The van der Waals surface area contributed by atoms with E-state index < -0.39 is 0 Å². The van der Waals surface area contributed by atoms with Crippen molar-refractivity contribution in [3.63, 3.8) is 0 Å². The number of hydrogen-bond acceptors (Lipinski definition) is 2. The van der Waals surface area contributed by atoms with Gasteiger partial charge >= 0.3 is 6.03 Å². The molecule has 66 valence electrons. The standard InChI is InChI=1S/C7H12N4O/c1-2-3-9-7(12)11-6-4-8-5-10-6/h4-5H,2-3H2,1H3,(H,8,10)(H2,9,11,12). The number of aromatic nitrogens is 2. The lowest BCUT2D eigenvalue weighted by Gasteiger charge is -2.02. The molecule has 1 rings (SSSR count). The number of aromatic amines is 1. The van der Waals surface area contributed by atoms with Crippen LogP contribution in [0.15, 0.2) is 12.5 Å². The first-order chi connectivity index (χ1) is 5.83. The first-order valence-corrected chi connectivity index (χ1v) is 3.86. The summed E-state index contributed by atoms with van der Waals surface area (Å²) < 4.78 is 0. The zero-order valence-corrected chi connectivity index (χ0v) is 6.92. The number of imidazole rings is 1. The molecule has 0 unspecified atom stereocenters. The van der Waals surface area contributed by atoms with Crippen molar-refractivity contribution in [1.82, 2.24) is 15.3 Å². The monoisotopic (exact) mass is 168 g/mol. The fraction of sp³-hybridized carbons (Fsp3) is 0.429. The van der Waals surface area contributed by atoms with Crippen LogP contribution in [0.1, 0.15) is 13.3 Å². The van der Waals surface area contributed by atoms with Gasteiger partial charge in [-0.3, -0.25) is 5.32 Å². The van der Waals surface area contributed by atoms with Crippen LogP contribution in [0.4, 0.5) is 10.6 Å². The van der Waals surface area contributed by atoms with Crippen molar-refractivity contribution >= 4 is 11.8 Å². The van der Waals surface area contributed by atoms with Crippen LogP contribution in [0.5, 0.6) is 0 Å². The molecule has 0 fully saturated rings. The summed E-state index contributed by atoms with van der Waals surface area (Å²) in [6.07, 6.45) is 3.98. The second kappa shape index (κ2) is 4.38. The highest BCUT2D eigenvalue weighted by molar-refractivity contribution is 5.87. The minimum absolute atomic E-state index is 0.207. The van der Waals surface area contributed by atoms with Gasteiger partial charge < -0.3 is 10.3 Å². The van der Waals surface area contributed by atoms with Crippen LogP contribution in [0.3, 0.4) is 0 Å². The molecule has 0 aromatic carbocycles. The molecule has 1 aromatic heterocycles. The summed E-state index contributed by atoms with van der Waals surface area (Å²) in [4.78, 5) is 17.5. The number of amides is 2. The number of rotatable bonds is 3. The number of nitrogens with one attached hydrogen (secondary N) is 3. The second-order valence-corrected chi connectivity index (χ2v) is 2.35. The Morgan fingerprint density at radius 2 is 2.58 bits per heavy atom. The van der Waals surface area contributed by atoms with Gasteiger partial charge in [-0.2, -0.15) is 0 Å². The van der Waals surface area contributed by atoms with E-state index in [4.69, 9.17) is 0 Å². The molecule has 0 saturated heterocycles. The average molecular weight is 168 g/mol. The molecule has 0 saturated carbocycles. The lowest BCUT2D eigenvalue weighted by Crippen LogP contribution is -2.29. The van der Waals surface area contributed by atoms with Crippen LogP contribution >= 0.6 is 0 Å². The molecule has 0 aliphatic carbocycles. The molecule has 12 heavy (non-hydrogen) atoms. The maximum absolute atomic E-state index is 11.0. The normalized spacial score (nSPS) is 9.42. The molecule has 1 heterocycles. The number of hydrogen-bond donors (Lipinski definition) is 3. The molecule has 0 bridgehead atoms. The summed E-state index contributed by atoms with van der Waals surface area (Å²) in [7, 11) is 0. The summed E-state index contributed by atoms with van der Waals surface area (Å²) >= 11 is 0. The van der Waals surface area contributed by atoms with Gasteiger partial charge in [-0.15, -0.1) is 0 Å². The highest BCUT2D eigenvalue weighted by atomic mass is 16.2. The molecule has 0 aliphatic heterocycles. The Balaban J connectivity index is 2.27. The smallest absolute Gasteiger partial charge is 0.320 e. The predicted octanol–water partition coefficient (Wildman–Crippen LogP) is 0.941. The van der Waals surface area contributed by atoms with Crippen molar-refractivity contribution < 1.29 is 4.79 Å². The van der Waals surface area contributed by atoms with E-state index in [1.807, 2.05) is 6.92 Å². The summed E-state index contributed by atoms with van der Waals surface area (Å²) in [6.45, 7) is 2.68. The van der Waals surface area contributed by atoms with Crippen LogP contribution in [-0.4, -0.2) is 22.5 Å². The van der Waals surface area contributed by atoms with E-state index in [0.717, 1.165) is 6.42 Å². The average Bonchev–Trinajstić information content (AvgIpc) is 2.53. The van der Waals surface area contributed by atoms with Gasteiger partial charge in [-0.05, 0) is 6.42 Å². The Bertz CT molecular complexity index is 232. The molecule has 2 amide bonds. The Kier molecular flexibility index (Phi) is 3.13. The minimum atomic E-state index is -0.207. The van der Waals surface area contributed by atoms with Crippen molar-refractivity contribution in [3.05, 3.63) is 12.5 Å². The largest absolute Gasteiger partial charge is 0.338 e. The van der Waals surface area contributed by atoms with Gasteiger partial charge in [-0.25, -0.2) is 9.78 Å². The molecule has 0 atom stereocenters. The van der Waals surface area contributed by atoms with Crippen LogP contribution in [0.2, 0.25) is 0 Å². The number of nitrogens with zero attached hydrogens (tertiary/aromatic N) is 1. The molecular weight excluding hydrogens is 156 g/mol. The third kappa shape index (κ3) is 2.61. The van der Waals surface area contributed by atoms with E-state index in [-0.39, 0.29) is 6.03 Å². The van der Waals surface area contributed by atoms with Crippen molar-refractivity contribution in [2.75, 3.05) is 11.9 Å². The van der Waals surface area contributed by atoms with Crippen molar-refractivity contribution in [2.45, 2.75) is 13.3 Å². The van der Waals surface area contributed by atoms with Crippen LogP contribution in [-0.2, 0) is 0 Å². The summed E-state index contributed by atoms with van der Waals surface area (Å²) in [5, 5.41) is 5.26. The molecule has 5 nitrogen and oxygen atoms in total. The number of urea groups is 1. The third-order valence-corrected chi connectivity index (χ3v) is 1.28. The Morgan fingerprint density at radius 3 is 3.17 bits per heavy atom. The van der Waals surface area contributed by atoms with Crippen LogP contribution < -0.4 is 10.6 Å². The zero-order valence-electron chi connectivity index (χ0n) is 6.92. The first kappa shape index (κ1) is 8.58. The van der Waals surface area contributed by atoms with E-state index in [1.54, 1.807) is 6.20 Å². The van der Waals surface area contributed by atoms with Gasteiger partial charge in [0.2, 0.25) is 0 Å². The second-order valence-electron chi connectivity index (χ2n) is 2.35. The SMILES string of the molecule is CCCNC(=O)Nc1cnc[nH]1. The molecule has 1 aromatic rings. The third-order valence-electron chi connectivity index (χ3n) is 1.28. The summed E-state index contributed by atoms with van der Waals surface area (Å²) in [5.41, 5.74) is 0. The lowest BCUT2D eigenvalue weighted by molar-refractivity contribution is 0.252. The number of carbonyl (C=O) groups excluding carboxylic acids is 1. The Labute approximate surface area is 70.6 Å². The van der Waals surface area contributed by atoms with E-state index in [1.165, 1.54) is 6.33 Å². The fourth-order valence-electron chi connectivity index (χ4n) is 0.729. The van der Waals surface area contributed by atoms with Gasteiger partial charge in [0, 0.05) is 6.54 Å². The summed E-state index contributed by atoms with van der Waals surface area (Å²) in [6, 6.07) is -0.207. The van der Waals surface area contributed by atoms with E-state index in [0.29, 0.717) is 12.4 Å². The zero-order chi connectivity index (χ0) is 8.81. The maximum Gasteiger partial charge on any atom is 0.320 e. The van der Waals surface area contributed by atoms with E-state index in [2.05, 4.69) is 20.6 Å². The first-order valence-electron chi connectivity index (χ1n) is 3.86. The minimum Gasteiger partial charge on any atom is -0.338 e.